The quantitative estimate of drug-likeness (QED) is 0.814. The molecule has 0 saturated carbocycles. The van der Waals surface area contributed by atoms with Gasteiger partial charge >= 0.3 is 0 Å². The summed E-state index contributed by atoms with van der Waals surface area (Å²) in [5, 5.41) is 0. The number of anilines is 2. The monoisotopic (exact) mass is 250 g/mol. The molecule has 0 aliphatic carbocycles. The van der Waals surface area contributed by atoms with E-state index in [-0.39, 0.29) is 0 Å². The van der Waals surface area contributed by atoms with E-state index in [0.717, 1.165) is 37.5 Å². The van der Waals surface area contributed by atoms with Crippen LogP contribution in [0.2, 0.25) is 0 Å². The Morgan fingerprint density at radius 3 is 3.00 bits per heavy atom. The summed E-state index contributed by atoms with van der Waals surface area (Å²) in [6, 6.07) is 6.41. The van der Waals surface area contributed by atoms with Crippen molar-refractivity contribution in [2.24, 2.45) is 0 Å². The summed E-state index contributed by atoms with van der Waals surface area (Å²) in [5.74, 6) is 0.778. The number of hydrogen-bond donors (Lipinski definition) is 1. The minimum Gasteiger partial charge on any atom is -0.491 e. The Hall–Kier alpha value is -1.42. The van der Waals surface area contributed by atoms with Gasteiger partial charge in [-0.2, -0.15) is 0 Å². The van der Waals surface area contributed by atoms with Crippen molar-refractivity contribution in [1.29, 1.82) is 0 Å². The molecule has 1 heterocycles. The van der Waals surface area contributed by atoms with E-state index in [2.05, 4.69) is 18.9 Å². The fourth-order valence-electron chi connectivity index (χ4n) is 2.12. The zero-order valence-corrected chi connectivity index (χ0v) is 11.2. The van der Waals surface area contributed by atoms with Crippen molar-refractivity contribution < 1.29 is 9.47 Å². The van der Waals surface area contributed by atoms with Crippen molar-refractivity contribution in [3.63, 3.8) is 0 Å². The molecule has 0 aromatic heterocycles. The van der Waals surface area contributed by atoms with Gasteiger partial charge in [0.05, 0.1) is 24.9 Å². The van der Waals surface area contributed by atoms with E-state index in [1.807, 2.05) is 18.2 Å². The van der Waals surface area contributed by atoms with Crippen LogP contribution in [0.1, 0.15) is 19.8 Å². The Kier molecular flexibility index (Phi) is 4.31. The molecule has 1 aromatic carbocycles. The molecule has 1 aromatic rings. The maximum atomic E-state index is 5.92. The molecule has 1 fully saturated rings. The predicted octanol–water partition coefficient (Wildman–Crippen LogP) is 2.28. The summed E-state index contributed by atoms with van der Waals surface area (Å²) in [4.78, 5) is 2.24. The molecule has 4 heteroatoms. The smallest absolute Gasteiger partial charge is 0.144 e. The summed E-state index contributed by atoms with van der Waals surface area (Å²) < 4.78 is 11.1. The number of hydrogen-bond acceptors (Lipinski definition) is 4. The summed E-state index contributed by atoms with van der Waals surface area (Å²) >= 11 is 0. The van der Waals surface area contributed by atoms with Gasteiger partial charge in [-0.05, 0) is 25.0 Å². The van der Waals surface area contributed by atoms with Crippen LogP contribution in [0.3, 0.4) is 0 Å². The number of nitrogen functional groups attached to an aromatic ring is 1. The third kappa shape index (κ3) is 2.88. The molecule has 100 valence electrons. The lowest BCUT2D eigenvalue weighted by Crippen LogP contribution is -2.31. The largest absolute Gasteiger partial charge is 0.491 e. The van der Waals surface area contributed by atoms with Crippen LogP contribution in [0.25, 0.3) is 0 Å². The van der Waals surface area contributed by atoms with Crippen LogP contribution in [0.5, 0.6) is 5.75 Å². The molecule has 2 rings (SSSR count). The van der Waals surface area contributed by atoms with Gasteiger partial charge < -0.3 is 20.1 Å². The molecule has 2 N–H and O–H groups in total. The predicted molar refractivity (Wildman–Crippen MR) is 74.3 cm³/mol. The molecule has 18 heavy (non-hydrogen) atoms. The average Bonchev–Trinajstić information content (AvgIpc) is 2.91. The Morgan fingerprint density at radius 1 is 1.50 bits per heavy atom. The molecule has 0 amide bonds. The van der Waals surface area contributed by atoms with Gasteiger partial charge in [0.25, 0.3) is 0 Å². The Labute approximate surface area is 109 Å². The van der Waals surface area contributed by atoms with Crippen LogP contribution < -0.4 is 15.4 Å². The molecule has 1 unspecified atom stereocenters. The van der Waals surface area contributed by atoms with Crippen molar-refractivity contribution >= 4 is 11.4 Å². The molecular formula is C14H22N2O2. The van der Waals surface area contributed by atoms with Gasteiger partial charge in [0.1, 0.15) is 5.75 Å². The first kappa shape index (κ1) is 13.0. The number of benzene rings is 1. The van der Waals surface area contributed by atoms with E-state index in [0.29, 0.717) is 18.3 Å². The van der Waals surface area contributed by atoms with Crippen LogP contribution >= 0.6 is 0 Å². The number of likely N-dealkylation sites (N-methyl/N-ethyl adjacent to an activating group) is 1. The first-order valence-electron chi connectivity index (χ1n) is 6.55. The lowest BCUT2D eigenvalue weighted by molar-refractivity contribution is 0.193. The van der Waals surface area contributed by atoms with Gasteiger partial charge in [-0.3, -0.25) is 0 Å². The minimum absolute atomic E-state index is 0.452. The normalized spacial score (nSPS) is 18.9. The molecular weight excluding hydrogens is 228 g/mol. The van der Waals surface area contributed by atoms with Crippen molar-refractivity contribution in [1.82, 2.24) is 0 Å². The van der Waals surface area contributed by atoms with Crippen molar-refractivity contribution in [2.75, 3.05) is 37.5 Å². The highest BCUT2D eigenvalue weighted by Crippen LogP contribution is 2.29. The fourth-order valence-corrected chi connectivity index (χ4v) is 2.12. The molecule has 1 atom stereocenters. The maximum Gasteiger partial charge on any atom is 0.144 e. The maximum absolute atomic E-state index is 5.92. The summed E-state index contributed by atoms with van der Waals surface area (Å²) in [6.07, 6.45) is 2.06. The Balaban J connectivity index is 2.12. The topological polar surface area (TPSA) is 47.7 Å². The summed E-state index contributed by atoms with van der Waals surface area (Å²) in [6.45, 7) is 4.43. The number of nitrogens with zero attached hydrogens (tertiary/aromatic N) is 1. The van der Waals surface area contributed by atoms with E-state index in [9.17, 15) is 0 Å². The second-order valence-electron chi connectivity index (χ2n) is 4.70. The lowest BCUT2D eigenvalue weighted by Gasteiger charge is -2.26. The molecule has 4 nitrogen and oxygen atoms in total. The Bertz CT molecular complexity index is 389. The van der Waals surface area contributed by atoms with E-state index in [4.69, 9.17) is 15.2 Å². The van der Waals surface area contributed by atoms with Gasteiger partial charge in [-0.25, -0.2) is 0 Å². The van der Waals surface area contributed by atoms with Gasteiger partial charge in [0, 0.05) is 25.4 Å². The zero-order valence-electron chi connectivity index (χ0n) is 11.2. The van der Waals surface area contributed by atoms with Crippen molar-refractivity contribution in [3.8, 4) is 5.75 Å². The van der Waals surface area contributed by atoms with E-state index in [1.54, 1.807) is 0 Å². The zero-order chi connectivity index (χ0) is 13.0. The summed E-state index contributed by atoms with van der Waals surface area (Å²) in [5.41, 5.74) is 7.74. The molecule has 0 bridgehead atoms. The molecule has 0 radical (unpaired) electrons. The number of nitrogens with two attached hydrogens (primary N) is 1. The highest BCUT2D eigenvalue weighted by atomic mass is 16.5. The number of ether oxygens (including phenoxy) is 2. The Morgan fingerprint density at radius 2 is 2.33 bits per heavy atom. The molecule has 0 spiro atoms. The van der Waals surface area contributed by atoms with Gasteiger partial charge in [-0.1, -0.05) is 6.92 Å². The summed E-state index contributed by atoms with van der Waals surface area (Å²) in [7, 11) is 2.09. The first-order valence-corrected chi connectivity index (χ1v) is 6.55. The van der Waals surface area contributed by atoms with E-state index in [1.165, 1.54) is 0 Å². The standard InChI is InChI=1S/C14H22N2O2/c1-3-7-18-14-9-11(4-5-13(14)15)16(2)12-6-8-17-10-12/h4-5,9,12H,3,6-8,10,15H2,1-2H3. The SMILES string of the molecule is CCCOc1cc(N(C)C2CCOC2)ccc1N. The average molecular weight is 250 g/mol. The van der Waals surface area contributed by atoms with Gasteiger partial charge in [0.15, 0.2) is 0 Å². The molecule has 1 aliphatic heterocycles. The van der Waals surface area contributed by atoms with Crippen molar-refractivity contribution in [2.45, 2.75) is 25.8 Å². The van der Waals surface area contributed by atoms with E-state index < -0.39 is 0 Å². The number of rotatable bonds is 5. The van der Waals surface area contributed by atoms with Gasteiger partial charge in [0.2, 0.25) is 0 Å². The molecule has 1 aliphatic rings. The van der Waals surface area contributed by atoms with Crippen molar-refractivity contribution in [3.05, 3.63) is 18.2 Å². The van der Waals surface area contributed by atoms with Crippen LogP contribution in [0.15, 0.2) is 18.2 Å². The first-order chi connectivity index (χ1) is 8.72. The van der Waals surface area contributed by atoms with Crippen LogP contribution in [-0.4, -0.2) is 32.9 Å². The highest BCUT2D eigenvalue weighted by Gasteiger charge is 2.21. The van der Waals surface area contributed by atoms with Gasteiger partial charge in [-0.15, -0.1) is 0 Å². The second-order valence-corrected chi connectivity index (χ2v) is 4.70. The third-order valence-electron chi connectivity index (χ3n) is 3.32. The fraction of sp³-hybridized carbons (Fsp3) is 0.571. The lowest BCUT2D eigenvalue weighted by atomic mass is 10.2. The van der Waals surface area contributed by atoms with Crippen LogP contribution in [0.4, 0.5) is 11.4 Å². The third-order valence-corrected chi connectivity index (χ3v) is 3.32. The molecule has 1 saturated heterocycles. The second kappa shape index (κ2) is 5.96. The highest BCUT2D eigenvalue weighted by molar-refractivity contribution is 5.62. The minimum atomic E-state index is 0.452. The van der Waals surface area contributed by atoms with Crippen LogP contribution in [0, 0.1) is 0 Å². The van der Waals surface area contributed by atoms with Crippen LogP contribution in [-0.2, 0) is 4.74 Å². The van der Waals surface area contributed by atoms with E-state index >= 15 is 0 Å².